The van der Waals surface area contributed by atoms with Gasteiger partial charge in [0.15, 0.2) is 0 Å². The van der Waals surface area contributed by atoms with E-state index in [1.165, 1.54) is 24.1 Å². The fourth-order valence-corrected chi connectivity index (χ4v) is 1.54. The van der Waals surface area contributed by atoms with Crippen LogP contribution in [0.4, 0.5) is 5.69 Å². The minimum absolute atomic E-state index is 0.811. The molecule has 0 bridgehead atoms. The molecule has 3 N–H and O–H groups in total. The summed E-state index contributed by atoms with van der Waals surface area (Å²) in [5.74, 6) is 0. The van der Waals surface area contributed by atoms with Crippen LogP contribution < -0.4 is 11.1 Å². The standard InChI is InChI=1S/C13H22N2/c1-2-12-6-8-13(9-7-12)15-11-5-3-4-10-14/h6-9,15H,2-5,10-11,14H2,1H3. The Hall–Kier alpha value is -1.02. The predicted molar refractivity (Wildman–Crippen MR) is 67.2 cm³/mol. The molecule has 1 rings (SSSR count). The Balaban J connectivity index is 2.20. The van der Waals surface area contributed by atoms with Crippen molar-refractivity contribution >= 4 is 5.69 Å². The Bertz CT molecular complexity index is 254. The zero-order valence-electron chi connectivity index (χ0n) is 9.63. The molecule has 0 aromatic heterocycles. The minimum atomic E-state index is 0.811. The molecule has 0 aliphatic rings. The summed E-state index contributed by atoms with van der Waals surface area (Å²) in [5.41, 5.74) is 8.05. The van der Waals surface area contributed by atoms with Crippen LogP contribution in [0.2, 0.25) is 0 Å². The molecule has 0 unspecified atom stereocenters. The van der Waals surface area contributed by atoms with Gasteiger partial charge >= 0.3 is 0 Å². The van der Waals surface area contributed by atoms with Gasteiger partial charge in [-0.3, -0.25) is 0 Å². The van der Waals surface area contributed by atoms with E-state index in [0.717, 1.165) is 25.9 Å². The Morgan fingerprint density at radius 1 is 1.07 bits per heavy atom. The normalized spacial score (nSPS) is 10.3. The fourth-order valence-electron chi connectivity index (χ4n) is 1.54. The van der Waals surface area contributed by atoms with Crippen LogP contribution in [0.3, 0.4) is 0 Å². The zero-order chi connectivity index (χ0) is 10.9. The molecule has 0 amide bonds. The van der Waals surface area contributed by atoms with Gasteiger partial charge in [0, 0.05) is 12.2 Å². The highest BCUT2D eigenvalue weighted by Crippen LogP contribution is 2.10. The van der Waals surface area contributed by atoms with Gasteiger partial charge in [0.2, 0.25) is 0 Å². The number of benzene rings is 1. The van der Waals surface area contributed by atoms with Gasteiger partial charge in [0.05, 0.1) is 0 Å². The Kier molecular flexibility index (Phi) is 5.86. The molecule has 15 heavy (non-hydrogen) atoms. The molecule has 2 nitrogen and oxygen atoms in total. The summed E-state index contributed by atoms with van der Waals surface area (Å²) in [6.07, 6.45) is 4.66. The summed E-state index contributed by atoms with van der Waals surface area (Å²) in [5, 5.41) is 3.41. The Morgan fingerprint density at radius 2 is 1.80 bits per heavy atom. The van der Waals surface area contributed by atoms with E-state index in [4.69, 9.17) is 5.73 Å². The second-order valence-corrected chi connectivity index (χ2v) is 3.83. The molecule has 84 valence electrons. The van der Waals surface area contributed by atoms with Crippen molar-refractivity contribution in [1.29, 1.82) is 0 Å². The van der Waals surface area contributed by atoms with Crippen LogP contribution in [0.1, 0.15) is 31.7 Å². The number of unbranched alkanes of at least 4 members (excludes halogenated alkanes) is 2. The van der Waals surface area contributed by atoms with Gasteiger partial charge < -0.3 is 11.1 Å². The third kappa shape index (κ3) is 4.84. The van der Waals surface area contributed by atoms with Crippen LogP contribution in [0, 0.1) is 0 Å². The van der Waals surface area contributed by atoms with Crippen molar-refractivity contribution in [3.05, 3.63) is 29.8 Å². The monoisotopic (exact) mass is 206 g/mol. The van der Waals surface area contributed by atoms with Crippen molar-refractivity contribution in [2.75, 3.05) is 18.4 Å². The van der Waals surface area contributed by atoms with Gasteiger partial charge in [0.25, 0.3) is 0 Å². The SMILES string of the molecule is CCc1ccc(NCCCCCN)cc1. The van der Waals surface area contributed by atoms with Crippen LogP contribution in [0.25, 0.3) is 0 Å². The van der Waals surface area contributed by atoms with Crippen molar-refractivity contribution < 1.29 is 0 Å². The molecule has 0 spiro atoms. The number of nitrogens with two attached hydrogens (primary N) is 1. The summed E-state index contributed by atoms with van der Waals surface area (Å²) in [4.78, 5) is 0. The quantitative estimate of drug-likeness (QED) is 0.673. The van der Waals surface area contributed by atoms with Gasteiger partial charge in [-0.2, -0.15) is 0 Å². The lowest BCUT2D eigenvalue weighted by atomic mass is 10.1. The Morgan fingerprint density at radius 3 is 2.40 bits per heavy atom. The van der Waals surface area contributed by atoms with Crippen molar-refractivity contribution in [1.82, 2.24) is 0 Å². The number of aryl methyl sites for hydroxylation is 1. The van der Waals surface area contributed by atoms with Crippen molar-refractivity contribution in [2.24, 2.45) is 5.73 Å². The number of hydrogen-bond acceptors (Lipinski definition) is 2. The minimum Gasteiger partial charge on any atom is -0.385 e. The van der Waals surface area contributed by atoms with Crippen molar-refractivity contribution in [3.63, 3.8) is 0 Å². The third-order valence-corrected chi connectivity index (χ3v) is 2.57. The Labute approximate surface area is 92.9 Å². The largest absolute Gasteiger partial charge is 0.385 e. The van der Waals surface area contributed by atoms with E-state index in [0.29, 0.717) is 0 Å². The molecule has 0 radical (unpaired) electrons. The molecule has 0 saturated carbocycles. The molecule has 0 fully saturated rings. The maximum absolute atomic E-state index is 5.43. The number of nitrogens with one attached hydrogen (secondary N) is 1. The molecule has 1 aromatic rings. The van der Waals surface area contributed by atoms with E-state index < -0.39 is 0 Å². The van der Waals surface area contributed by atoms with Crippen molar-refractivity contribution in [3.8, 4) is 0 Å². The molecule has 0 saturated heterocycles. The van der Waals surface area contributed by atoms with E-state index >= 15 is 0 Å². The zero-order valence-corrected chi connectivity index (χ0v) is 9.63. The van der Waals surface area contributed by atoms with E-state index in [1.807, 2.05) is 0 Å². The number of rotatable bonds is 7. The maximum Gasteiger partial charge on any atom is 0.0340 e. The van der Waals surface area contributed by atoms with Gasteiger partial charge in [-0.15, -0.1) is 0 Å². The van der Waals surface area contributed by atoms with E-state index in [9.17, 15) is 0 Å². The summed E-state index contributed by atoms with van der Waals surface area (Å²) < 4.78 is 0. The summed E-state index contributed by atoms with van der Waals surface area (Å²) in [6.45, 7) is 4.03. The molecule has 0 aliphatic heterocycles. The van der Waals surface area contributed by atoms with Gasteiger partial charge in [0.1, 0.15) is 0 Å². The first-order chi connectivity index (χ1) is 7.36. The lowest BCUT2D eigenvalue weighted by molar-refractivity contribution is 0.707. The van der Waals surface area contributed by atoms with Crippen molar-refractivity contribution in [2.45, 2.75) is 32.6 Å². The average Bonchev–Trinajstić information content (AvgIpc) is 2.30. The van der Waals surface area contributed by atoms with E-state index in [-0.39, 0.29) is 0 Å². The lowest BCUT2D eigenvalue weighted by Crippen LogP contribution is -2.03. The molecular formula is C13H22N2. The molecule has 0 atom stereocenters. The molecule has 0 aliphatic carbocycles. The maximum atomic E-state index is 5.43. The highest BCUT2D eigenvalue weighted by atomic mass is 14.9. The van der Waals surface area contributed by atoms with Gasteiger partial charge in [-0.25, -0.2) is 0 Å². The lowest BCUT2D eigenvalue weighted by Gasteiger charge is -2.06. The summed E-state index contributed by atoms with van der Waals surface area (Å²) in [7, 11) is 0. The first kappa shape index (κ1) is 12.1. The first-order valence-corrected chi connectivity index (χ1v) is 5.89. The van der Waals surface area contributed by atoms with Gasteiger partial charge in [-0.05, 0) is 43.5 Å². The van der Waals surface area contributed by atoms with Crippen LogP contribution in [-0.4, -0.2) is 13.1 Å². The van der Waals surface area contributed by atoms with Gasteiger partial charge in [-0.1, -0.05) is 25.5 Å². The molecule has 1 aromatic carbocycles. The third-order valence-electron chi connectivity index (χ3n) is 2.57. The molecule has 2 heteroatoms. The highest BCUT2D eigenvalue weighted by Gasteiger charge is 1.92. The van der Waals surface area contributed by atoms with E-state index in [2.05, 4.69) is 36.5 Å². The molecular weight excluding hydrogens is 184 g/mol. The van der Waals surface area contributed by atoms with Crippen LogP contribution in [0.5, 0.6) is 0 Å². The van der Waals surface area contributed by atoms with Crippen LogP contribution >= 0.6 is 0 Å². The number of anilines is 1. The van der Waals surface area contributed by atoms with Crippen LogP contribution in [-0.2, 0) is 6.42 Å². The van der Waals surface area contributed by atoms with Crippen LogP contribution in [0.15, 0.2) is 24.3 Å². The topological polar surface area (TPSA) is 38.0 Å². The number of hydrogen-bond donors (Lipinski definition) is 2. The highest BCUT2D eigenvalue weighted by molar-refractivity contribution is 5.44. The smallest absolute Gasteiger partial charge is 0.0340 e. The summed E-state index contributed by atoms with van der Waals surface area (Å²) in [6, 6.07) is 8.67. The summed E-state index contributed by atoms with van der Waals surface area (Å²) >= 11 is 0. The second-order valence-electron chi connectivity index (χ2n) is 3.83. The second kappa shape index (κ2) is 7.30. The first-order valence-electron chi connectivity index (χ1n) is 5.89. The molecule has 0 heterocycles. The fraction of sp³-hybridized carbons (Fsp3) is 0.538. The van der Waals surface area contributed by atoms with E-state index in [1.54, 1.807) is 0 Å². The predicted octanol–water partition coefficient (Wildman–Crippen LogP) is 2.79. The average molecular weight is 206 g/mol.